The molecule has 1 aliphatic carbocycles. The Morgan fingerprint density at radius 3 is 2.84 bits per heavy atom. The van der Waals surface area contributed by atoms with Gasteiger partial charge in [0.2, 0.25) is 0 Å². The Labute approximate surface area is 126 Å². The normalized spacial score (nSPS) is 27.9. The molecule has 0 aliphatic heterocycles. The summed E-state index contributed by atoms with van der Waals surface area (Å²) in [6.45, 7) is 4.57. The number of nitrogens with zero attached hydrogens (tertiary/aromatic N) is 1. The van der Waals surface area contributed by atoms with Crippen molar-refractivity contribution in [1.29, 1.82) is 0 Å². The molecule has 0 aromatic carbocycles. The van der Waals surface area contributed by atoms with Crippen molar-refractivity contribution in [2.75, 3.05) is 20.6 Å². The van der Waals surface area contributed by atoms with Gasteiger partial charge in [-0.2, -0.15) is 0 Å². The fourth-order valence-electron chi connectivity index (χ4n) is 3.25. The van der Waals surface area contributed by atoms with Crippen LogP contribution in [0.3, 0.4) is 0 Å². The Hall–Kier alpha value is -0.0900. The maximum Gasteiger partial charge on any atom is 0.0931 e. The smallest absolute Gasteiger partial charge is 0.0931 e. The maximum atomic E-state index is 5.99. The Balaban J connectivity index is 1.87. The first-order chi connectivity index (χ1) is 9.08. The maximum absolute atomic E-state index is 5.99. The van der Waals surface area contributed by atoms with Crippen molar-refractivity contribution in [2.24, 2.45) is 11.8 Å². The second-order valence-electron chi connectivity index (χ2n) is 5.98. The summed E-state index contributed by atoms with van der Waals surface area (Å²) in [5.74, 6) is 1.65. The van der Waals surface area contributed by atoms with E-state index in [1.807, 2.05) is 6.07 Å². The summed E-state index contributed by atoms with van der Waals surface area (Å²) in [6.07, 6.45) is 4.04. The Bertz CT molecular complexity index is 393. The van der Waals surface area contributed by atoms with E-state index >= 15 is 0 Å². The molecule has 1 aliphatic rings. The average Bonchev–Trinajstić information content (AvgIpc) is 2.75. The molecule has 2 rings (SSSR count). The fourth-order valence-corrected chi connectivity index (χ4v) is 4.42. The molecule has 0 saturated heterocycles. The second-order valence-corrected chi connectivity index (χ2v) is 7.78. The summed E-state index contributed by atoms with van der Waals surface area (Å²) in [4.78, 5) is 3.80. The topological polar surface area (TPSA) is 15.3 Å². The average molecular weight is 301 g/mol. The van der Waals surface area contributed by atoms with Crippen LogP contribution in [-0.4, -0.2) is 31.6 Å². The van der Waals surface area contributed by atoms with E-state index in [4.69, 9.17) is 11.6 Å². The Morgan fingerprint density at radius 2 is 2.21 bits per heavy atom. The van der Waals surface area contributed by atoms with Crippen LogP contribution in [0.2, 0.25) is 4.34 Å². The summed E-state index contributed by atoms with van der Waals surface area (Å²) in [6, 6.07) is 4.82. The van der Waals surface area contributed by atoms with Crippen LogP contribution >= 0.6 is 22.9 Å². The Morgan fingerprint density at radius 1 is 1.42 bits per heavy atom. The zero-order chi connectivity index (χ0) is 13.8. The van der Waals surface area contributed by atoms with Crippen molar-refractivity contribution < 1.29 is 0 Å². The first kappa shape index (κ1) is 15.3. The third-order valence-corrected chi connectivity index (χ3v) is 5.43. The molecule has 3 atom stereocenters. The molecule has 0 radical (unpaired) electrons. The molecule has 3 unspecified atom stereocenters. The largest absolute Gasteiger partial charge is 0.317 e. The second kappa shape index (κ2) is 7.07. The minimum absolute atomic E-state index is 0.686. The molecule has 1 heterocycles. The lowest BCUT2D eigenvalue weighted by Gasteiger charge is -2.37. The zero-order valence-corrected chi connectivity index (χ0v) is 13.7. The molecule has 0 spiro atoms. The molecule has 1 N–H and O–H groups in total. The third-order valence-electron chi connectivity index (χ3n) is 4.22. The highest BCUT2D eigenvalue weighted by atomic mass is 35.5. The van der Waals surface area contributed by atoms with Crippen LogP contribution in [0, 0.1) is 11.8 Å². The summed E-state index contributed by atoms with van der Waals surface area (Å²) >= 11 is 7.68. The molecular formula is C15H25ClN2S. The van der Waals surface area contributed by atoms with E-state index < -0.39 is 0 Å². The Kier molecular flexibility index (Phi) is 5.70. The molecular weight excluding hydrogens is 276 g/mol. The van der Waals surface area contributed by atoms with Gasteiger partial charge in [0.1, 0.15) is 0 Å². The molecule has 0 amide bonds. The van der Waals surface area contributed by atoms with Crippen molar-refractivity contribution in [3.05, 3.63) is 21.3 Å². The van der Waals surface area contributed by atoms with Gasteiger partial charge in [-0.25, -0.2) is 0 Å². The number of hydrogen-bond donors (Lipinski definition) is 1. The molecule has 1 fully saturated rings. The lowest BCUT2D eigenvalue weighted by atomic mass is 9.78. The van der Waals surface area contributed by atoms with Crippen LogP contribution in [-0.2, 0) is 6.54 Å². The van der Waals surface area contributed by atoms with Crippen LogP contribution in [0.4, 0.5) is 0 Å². The summed E-state index contributed by atoms with van der Waals surface area (Å²) in [5.41, 5.74) is 0. The molecule has 1 aromatic rings. The number of nitrogens with one attached hydrogen (secondary N) is 1. The van der Waals surface area contributed by atoms with Gasteiger partial charge in [-0.15, -0.1) is 11.3 Å². The molecule has 19 heavy (non-hydrogen) atoms. The molecule has 4 heteroatoms. The lowest BCUT2D eigenvalue weighted by molar-refractivity contribution is 0.162. The van der Waals surface area contributed by atoms with Crippen molar-refractivity contribution >= 4 is 22.9 Å². The standard InChI is InChI=1S/C15H25ClN2S/c1-11-4-6-14(17-2)12(8-11)9-18(3)10-13-5-7-15(16)19-13/h5,7,11-12,14,17H,4,6,8-10H2,1-3H3. The van der Waals surface area contributed by atoms with Crippen LogP contribution in [0.1, 0.15) is 31.1 Å². The van der Waals surface area contributed by atoms with E-state index in [1.54, 1.807) is 11.3 Å². The summed E-state index contributed by atoms with van der Waals surface area (Å²) in [5, 5.41) is 3.50. The highest BCUT2D eigenvalue weighted by Crippen LogP contribution is 2.30. The molecule has 1 saturated carbocycles. The molecule has 1 aromatic heterocycles. The van der Waals surface area contributed by atoms with Gasteiger partial charge in [0, 0.05) is 24.0 Å². The number of halogens is 1. The van der Waals surface area contributed by atoms with Crippen molar-refractivity contribution in [2.45, 2.75) is 38.8 Å². The van der Waals surface area contributed by atoms with E-state index in [0.717, 1.165) is 22.7 Å². The summed E-state index contributed by atoms with van der Waals surface area (Å²) < 4.78 is 0.891. The van der Waals surface area contributed by atoms with Crippen LogP contribution < -0.4 is 5.32 Å². The summed E-state index contributed by atoms with van der Waals surface area (Å²) in [7, 11) is 4.33. The first-order valence-corrected chi connectivity index (χ1v) is 8.38. The van der Waals surface area contributed by atoms with Gasteiger partial charge >= 0.3 is 0 Å². The van der Waals surface area contributed by atoms with E-state index in [2.05, 4.69) is 37.3 Å². The zero-order valence-electron chi connectivity index (χ0n) is 12.2. The monoisotopic (exact) mass is 300 g/mol. The lowest BCUT2D eigenvalue weighted by Crippen LogP contribution is -2.43. The van der Waals surface area contributed by atoms with Gasteiger partial charge in [-0.3, -0.25) is 0 Å². The number of hydrogen-bond acceptors (Lipinski definition) is 3. The van der Waals surface area contributed by atoms with E-state index in [-0.39, 0.29) is 0 Å². The van der Waals surface area contributed by atoms with Crippen LogP contribution in [0.15, 0.2) is 12.1 Å². The minimum atomic E-state index is 0.686. The van der Waals surface area contributed by atoms with Gasteiger partial charge in [0.15, 0.2) is 0 Å². The molecule has 2 nitrogen and oxygen atoms in total. The van der Waals surface area contributed by atoms with Crippen molar-refractivity contribution in [3.8, 4) is 0 Å². The highest BCUT2D eigenvalue weighted by Gasteiger charge is 2.28. The number of thiophene rings is 1. The van der Waals surface area contributed by atoms with Crippen LogP contribution in [0.5, 0.6) is 0 Å². The highest BCUT2D eigenvalue weighted by molar-refractivity contribution is 7.16. The number of rotatable bonds is 5. The predicted octanol–water partition coefficient (Wildman–Crippen LogP) is 3.86. The van der Waals surface area contributed by atoms with E-state index in [0.29, 0.717) is 6.04 Å². The van der Waals surface area contributed by atoms with E-state index in [9.17, 15) is 0 Å². The minimum Gasteiger partial charge on any atom is -0.317 e. The fraction of sp³-hybridized carbons (Fsp3) is 0.733. The molecule has 0 bridgehead atoms. The van der Waals surface area contributed by atoms with Crippen molar-refractivity contribution in [1.82, 2.24) is 10.2 Å². The molecule has 108 valence electrons. The predicted molar refractivity (Wildman–Crippen MR) is 85.0 cm³/mol. The van der Waals surface area contributed by atoms with Crippen molar-refractivity contribution in [3.63, 3.8) is 0 Å². The quantitative estimate of drug-likeness (QED) is 0.888. The van der Waals surface area contributed by atoms with Gasteiger partial charge < -0.3 is 10.2 Å². The van der Waals surface area contributed by atoms with E-state index in [1.165, 1.54) is 30.7 Å². The van der Waals surface area contributed by atoms with Gasteiger partial charge in [0.25, 0.3) is 0 Å². The van der Waals surface area contributed by atoms with Gasteiger partial charge in [-0.05, 0) is 57.3 Å². The van der Waals surface area contributed by atoms with Gasteiger partial charge in [0.05, 0.1) is 4.34 Å². The van der Waals surface area contributed by atoms with Gasteiger partial charge in [-0.1, -0.05) is 18.5 Å². The SMILES string of the molecule is CNC1CCC(C)CC1CN(C)Cc1ccc(Cl)s1. The van der Waals surface area contributed by atoms with Crippen LogP contribution in [0.25, 0.3) is 0 Å². The third kappa shape index (κ3) is 4.45. The first-order valence-electron chi connectivity index (χ1n) is 7.18.